The molecule has 0 bridgehead atoms. The van der Waals surface area contributed by atoms with E-state index in [0.717, 1.165) is 18.2 Å². The molecule has 0 fully saturated rings. The van der Waals surface area contributed by atoms with Gasteiger partial charge < -0.3 is 5.11 Å². The molecule has 2 unspecified atom stereocenters. The van der Waals surface area contributed by atoms with Crippen molar-refractivity contribution in [3.8, 4) is 6.07 Å². The molecule has 1 aromatic carbocycles. The Morgan fingerprint density at radius 3 is 2.69 bits per heavy atom. The van der Waals surface area contributed by atoms with E-state index in [2.05, 4.69) is 0 Å². The Morgan fingerprint density at radius 1 is 1.44 bits per heavy atom. The number of halogens is 2. The third-order valence-corrected chi connectivity index (χ3v) is 2.42. The average molecular weight is 225 g/mol. The van der Waals surface area contributed by atoms with Crippen molar-refractivity contribution in [3.63, 3.8) is 0 Å². The predicted molar refractivity (Wildman–Crippen MR) is 55.3 cm³/mol. The lowest BCUT2D eigenvalue weighted by atomic mass is 9.93. The van der Waals surface area contributed by atoms with Gasteiger partial charge in [-0.2, -0.15) is 5.26 Å². The molecule has 2 atom stereocenters. The minimum atomic E-state index is -1.28. The zero-order valence-electron chi connectivity index (χ0n) is 8.95. The van der Waals surface area contributed by atoms with E-state index in [1.54, 1.807) is 0 Å². The van der Waals surface area contributed by atoms with Crippen LogP contribution in [0.1, 0.15) is 31.4 Å². The maximum atomic E-state index is 13.3. The molecule has 0 radical (unpaired) electrons. The summed E-state index contributed by atoms with van der Waals surface area (Å²) < 4.78 is 26.2. The zero-order chi connectivity index (χ0) is 12.1. The van der Waals surface area contributed by atoms with E-state index in [1.165, 1.54) is 0 Å². The van der Waals surface area contributed by atoms with Gasteiger partial charge in [0.1, 0.15) is 11.6 Å². The standard InChI is InChI=1S/C12H13F2NO/c1-2-3-8(7-15)12(16)10-6-9(13)4-5-11(10)14/h4-6,8,12,16H,2-3H2,1H3. The molecule has 0 saturated heterocycles. The maximum Gasteiger partial charge on any atom is 0.129 e. The van der Waals surface area contributed by atoms with Crippen molar-refractivity contribution in [3.05, 3.63) is 35.4 Å². The van der Waals surface area contributed by atoms with Gasteiger partial charge in [-0.25, -0.2) is 8.78 Å². The Bertz CT molecular complexity index is 400. The molecule has 86 valence electrons. The molecule has 0 aliphatic carbocycles. The zero-order valence-corrected chi connectivity index (χ0v) is 8.95. The van der Waals surface area contributed by atoms with Crippen LogP contribution in [0.25, 0.3) is 0 Å². The molecule has 1 rings (SSSR count). The van der Waals surface area contributed by atoms with E-state index >= 15 is 0 Å². The van der Waals surface area contributed by atoms with Crippen LogP contribution in [0.4, 0.5) is 8.78 Å². The molecule has 0 spiro atoms. The van der Waals surface area contributed by atoms with E-state index in [1.807, 2.05) is 13.0 Å². The van der Waals surface area contributed by atoms with E-state index in [-0.39, 0.29) is 5.56 Å². The first-order valence-electron chi connectivity index (χ1n) is 5.12. The van der Waals surface area contributed by atoms with Crippen LogP contribution in [-0.2, 0) is 0 Å². The summed E-state index contributed by atoms with van der Waals surface area (Å²) in [6.07, 6.45) is -0.125. The van der Waals surface area contributed by atoms with Crippen LogP contribution in [-0.4, -0.2) is 5.11 Å². The second-order valence-corrected chi connectivity index (χ2v) is 3.63. The number of aliphatic hydroxyl groups is 1. The molecule has 16 heavy (non-hydrogen) atoms. The topological polar surface area (TPSA) is 44.0 Å². The highest BCUT2D eigenvalue weighted by Gasteiger charge is 2.23. The van der Waals surface area contributed by atoms with Gasteiger partial charge in [-0.05, 0) is 24.6 Å². The summed E-state index contributed by atoms with van der Waals surface area (Å²) >= 11 is 0. The lowest BCUT2D eigenvalue weighted by Crippen LogP contribution is -2.12. The first kappa shape index (κ1) is 12.6. The maximum absolute atomic E-state index is 13.3. The van der Waals surface area contributed by atoms with Crippen molar-refractivity contribution < 1.29 is 13.9 Å². The summed E-state index contributed by atoms with van der Waals surface area (Å²) in [6, 6.07) is 4.77. The summed E-state index contributed by atoms with van der Waals surface area (Å²) in [7, 11) is 0. The Labute approximate surface area is 93.1 Å². The molecular weight excluding hydrogens is 212 g/mol. The van der Waals surface area contributed by atoms with Gasteiger partial charge in [0.15, 0.2) is 0 Å². The predicted octanol–water partition coefficient (Wildman–Crippen LogP) is 2.94. The summed E-state index contributed by atoms with van der Waals surface area (Å²) in [5.41, 5.74) is -0.153. The minimum Gasteiger partial charge on any atom is -0.387 e. The normalized spacial score (nSPS) is 14.2. The molecule has 1 N–H and O–H groups in total. The summed E-state index contributed by atoms with van der Waals surface area (Å²) in [5, 5.41) is 18.6. The van der Waals surface area contributed by atoms with Crippen LogP contribution >= 0.6 is 0 Å². The molecule has 0 heterocycles. The number of nitrogens with zero attached hydrogens (tertiary/aromatic N) is 1. The first-order chi connectivity index (χ1) is 7.60. The Balaban J connectivity index is 2.98. The van der Waals surface area contributed by atoms with Crippen LogP contribution < -0.4 is 0 Å². The third kappa shape index (κ3) is 2.77. The van der Waals surface area contributed by atoms with Crippen molar-refractivity contribution in [1.29, 1.82) is 5.26 Å². The lowest BCUT2D eigenvalue weighted by Gasteiger charge is -2.16. The first-order valence-corrected chi connectivity index (χ1v) is 5.12. The molecule has 0 amide bonds. The molecule has 0 aromatic heterocycles. The molecule has 1 aromatic rings. The number of aliphatic hydroxyl groups excluding tert-OH is 1. The summed E-state index contributed by atoms with van der Waals surface area (Å²) in [6.45, 7) is 1.86. The monoisotopic (exact) mass is 225 g/mol. The highest BCUT2D eigenvalue weighted by Crippen LogP contribution is 2.27. The third-order valence-electron chi connectivity index (χ3n) is 2.42. The van der Waals surface area contributed by atoms with Crippen LogP contribution in [0.15, 0.2) is 18.2 Å². The number of rotatable bonds is 4. The molecule has 0 saturated carbocycles. The molecule has 0 aliphatic heterocycles. The van der Waals surface area contributed by atoms with E-state index < -0.39 is 23.7 Å². The Hall–Kier alpha value is -1.47. The summed E-state index contributed by atoms with van der Waals surface area (Å²) in [4.78, 5) is 0. The van der Waals surface area contributed by atoms with Crippen molar-refractivity contribution in [2.24, 2.45) is 5.92 Å². The van der Waals surface area contributed by atoms with Crippen LogP contribution in [0.3, 0.4) is 0 Å². The van der Waals surface area contributed by atoms with E-state index in [9.17, 15) is 13.9 Å². The minimum absolute atomic E-state index is 0.153. The van der Waals surface area contributed by atoms with Crippen LogP contribution in [0.2, 0.25) is 0 Å². The van der Waals surface area contributed by atoms with Crippen molar-refractivity contribution in [2.75, 3.05) is 0 Å². The second kappa shape index (κ2) is 5.57. The highest BCUT2D eigenvalue weighted by molar-refractivity contribution is 5.22. The van der Waals surface area contributed by atoms with Gasteiger partial charge in [-0.15, -0.1) is 0 Å². The number of hydrogen-bond acceptors (Lipinski definition) is 2. The van der Waals surface area contributed by atoms with E-state index in [4.69, 9.17) is 5.26 Å². The second-order valence-electron chi connectivity index (χ2n) is 3.63. The van der Waals surface area contributed by atoms with Crippen molar-refractivity contribution in [2.45, 2.75) is 25.9 Å². The number of benzene rings is 1. The fourth-order valence-electron chi connectivity index (χ4n) is 1.56. The Morgan fingerprint density at radius 2 is 2.12 bits per heavy atom. The van der Waals surface area contributed by atoms with Crippen LogP contribution in [0, 0.1) is 28.9 Å². The fourth-order valence-corrected chi connectivity index (χ4v) is 1.56. The van der Waals surface area contributed by atoms with Gasteiger partial charge >= 0.3 is 0 Å². The molecule has 4 heteroatoms. The highest BCUT2D eigenvalue weighted by atomic mass is 19.1. The van der Waals surface area contributed by atoms with Crippen molar-refractivity contribution in [1.82, 2.24) is 0 Å². The fraction of sp³-hybridized carbons (Fsp3) is 0.417. The largest absolute Gasteiger partial charge is 0.387 e. The molecule has 0 aliphatic rings. The molecule has 2 nitrogen and oxygen atoms in total. The summed E-state index contributed by atoms with van der Waals surface area (Å²) in [5.74, 6) is -2.02. The van der Waals surface area contributed by atoms with Gasteiger partial charge in [-0.3, -0.25) is 0 Å². The number of nitriles is 1. The SMILES string of the molecule is CCCC(C#N)C(O)c1cc(F)ccc1F. The van der Waals surface area contributed by atoms with Gasteiger partial charge in [0.05, 0.1) is 18.1 Å². The average Bonchev–Trinajstić information content (AvgIpc) is 2.28. The Kier molecular flexibility index (Phi) is 4.39. The van der Waals surface area contributed by atoms with Crippen LogP contribution in [0.5, 0.6) is 0 Å². The van der Waals surface area contributed by atoms with Crippen molar-refractivity contribution >= 4 is 0 Å². The smallest absolute Gasteiger partial charge is 0.129 e. The van der Waals surface area contributed by atoms with Gasteiger partial charge in [-0.1, -0.05) is 13.3 Å². The number of hydrogen-bond donors (Lipinski definition) is 1. The van der Waals surface area contributed by atoms with Gasteiger partial charge in [0, 0.05) is 5.56 Å². The van der Waals surface area contributed by atoms with Gasteiger partial charge in [0.2, 0.25) is 0 Å². The van der Waals surface area contributed by atoms with E-state index in [0.29, 0.717) is 12.8 Å². The quantitative estimate of drug-likeness (QED) is 0.856. The lowest BCUT2D eigenvalue weighted by molar-refractivity contribution is 0.125. The molecular formula is C12H13F2NO. The van der Waals surface area contributed by atoms with Gasteiger partial charge in [0.25, 0.3) is 0 Å².